The van der Waals surface area contributed by atoms with E-state index >= 15 is 0 Å². The van der Waals surface area contributed by atoms with Crippen LogP contribution in [0, 0.1) is 0 Å². The number of fused-ring (bicyclic) bond motifs is 2. The van der Waals surface area contributed by atoms with E-state index in [1.165, 1.54) is 4.57 Å². The van der Waals surface area contributed by atoms with Crippen molar-refractivity contribution in [2.75, 3.05) is 23.7 Å². The van der Waals surface area contributed by atoms with Crippen LogP contribution in [0.2, 0.25) is 0 Å². The average molecular weight is 273 g/mol. The Labute approximate surface area is 115 Å². The molecule has 1 aromatic heterocycles. The summed E-state index contributed by atoms with van der Waals surface area (Å²) in [5, 5.41) is 6.33. The molecule has 1 aromatic carbocycles. The van der Waals surface area contributed by atoms with Gasteiger partial charge >= 0.3 is 5.69 Å². The molecule has 0 spiro atoms. The molecule has 0 atom stereocenters. The normalized spacial score (nSPS) is 11.9. The molecule has 2 heterocycles. The molecule has 0 aliphatic carbocycles. The second kappa shape index (κ2) is 4.86. The first-order valence-electron chi connectivity index (χ1n) is 6.28. The van der Waals surface area contributed by atoms with E-state index in [9.17, 15) is 4.79 Å². The Morgan fingerprint density at radius 2 is 2.30 bits per heavy atom. The van der Waals surface area contributed by atoms with Gasteiger partial charge in [-0.3, -0.25) is 4.57 Å². The third-order valence-corrected chi connectivity index (χ3v) is 3.00. The van der Waals surface area contributed by atoms with Crippen molar-refractivity contribution < 1.29 is 4.74 Å². The van der Waals surface area contributed by atoms with Gasteiger partial charge < -0.3 is 21.1 Å². The minimum Gasteiger partial charge on any atom is -0.450 e. The summed E-state index contributed by atoms with van der Waals surface area (Å²) >= 11 is 0. The van der Waals surface area contributed by atoms with E-state index in [0.29, 0.717) is 30.4 Å². The second-order valence-electron chi connectivity index (χ2n) is 4.47. The van der Waals surface area contributed by atoms with Gasteiger partial charge in [0.25, 0.3) is 0 Å². The van der Waals surface area contributed by atoms with Crippen molar-refractivity contribution >= 4 is 17.2 Å². The number of benzene rings is 1. The van der Waals surface area contributed by atoms with Gasteiger partial charge in [-0.15, -0.1) is 0 Å². The topological polar surface area (TPSA) is 94.2 Å². The SMILES string of the molecule is Cn1cc2c(nc1=O)Nc1c(NCCN)cccc1O2. The number of rotatable bonds is 3. The highest BCUT2D eigenvalue weighted by Gasteiger charge is 2.21. The monoisotopic (exact) mass is 273 g/mol. The molecule has 104 valence electrons. The molecule has 4 N–H and O–H groups in total. The number of nitrogens with two attached hydrogens (primary N) is 1. The summed E-state index contributed by atoms with van der Waals surface area (Å²) in [5.41, 5.74) is 6.78. The Balaban J connectivity index is 2.01. The lowest BCUT2D eigenvalue weighted by molar-refractivity contribution is 0.470. The first-order valence-corrected chi connectivity index (χ1v) is 6.28. The number of nitrogens with zero attached hydrogens (tertiary/aromatic N) is 2. The molecule has 0 fully saturated rings. The Kier molecular flexibility index (Phi) is 3.03. The van der Waals surface area contributed by atoms with E-state index in [-0.39, 0.29) is 5.69 Å². The molecule has 20 heavy (non-hydrogen) atoms. The highest BCUT2D eigenvalue weighted by atomic mass is 16.5. The molecule has 0 saturated heterocycles. The Bertz CT molecular complexity index is 710. The maximum Gasteiger partial charge on any atom is 0.349 e. The van der Waals surface area contributed by atoms with Crippen LogP contribution >= 0.6 is 0 Å². The maximum absolute atomic E-state index is 11.6. The van der Waals surface area contributed by atoms with Crippen molar-refractivity contribution in [3.8, 4) is 11.5 Å². The van der Waals surface area contributed by atoms with Gasteiger partial charge in [-0.1, -0.05) is 6.07 Å². The van der Waals surface area contributed by atoms with Crippen molar-refractivity contribution in [2.24, 2.45) is 12.8 Å². The molecular weight excluding hydrogens is 258 g/mol. The van der Waals surface area contributed by atoms with Gasteiger partial charge in [0.2, 0.25) is 0 Å². The summed E-state index contributed by atoms with van der Waals surface area (Å²) in [7, 11) is 1.63. The van der Waals surface area contributed by atoms with E-state index in [1.807, 2.05) is 18.2 Å². The smallest absolute Gasteiger partial charge is 0.349 e. The zero-order valence-electron chi connectivity index (χ0n) is 11.0. The number of anilines is 3. The van der Waals surface area contributed by atoms with Crippen molar-refractivity contribution in [3.05, 3.63) is 34.9 Å². The molecule has 0 amide bonds. The minimum absolute atomic E-state index is 0.337. The summed E-state index contributed by atoms with van der Waals surface area (Å²) in [6, 6.07) is 5.65. The van der Waals surface area contributed by atoms with Crippen molar-refractivity contribution in [3.63, 3.8) is 0 Å². The fourth-order valence-corrected chi connectivity index (χ4v) is 2.02. The molecule has 7 heteroatoms. The fraction of sp³-hybridized carbons (Fsp3) is 0.231. The van der Waals surface area contributed by atoms with E-state index in [2.05, 4.69) is 15.6 Å². The lowest BCUT2D eigenvalue weighted by Crippen LogP contribution is -2.22. The van der Waals surface area contributed by atoms with Gasteiger partial charge in [-0.05, 0) is 12.1 Å². The molecule has 0 radical (unpaired) electrons. The van der Waals surface area contributed by atoms with Crippen LogP contribution in [-0.4, -0.2) is 22.6 Å². The van der Waals surface area contributed by atoms with Crippen LogP contribution in [0.4, 0.5) is 17.2 Å². The molecule has 0 bridgehead atoms. The zero-order chi connectivity index (χ0) is 14.1. The van der Waals surface area contributed by atoms with Crippen LogP contribution in [0.1, 0.15) is 0 Å². The van der Waals surface area contributed by atoms with Gasteiger partial charge in [0.1, 0.15) is 5.69 Å². The van der Waals surface area contributed by atoms with Gasteiger partial charge in [0, 0.05) is 20.1 Å². The van der Waals surface area contributed by atoms with Crippen LogP contribution in [0.3, 0.4) is 0 Å². The maximum atomic E-state index is 11.6. The summed E-state index contributed by atoms with van der Waals surface area (Å²) in [5.74, 6) is 1.62. The van der Waals surface area contributed by atoms with Crippen molar-refractivity contribution in [1.29, 1.82) is 0 Å². The van der Waals surface area contributed by atoms with E-state index < -0.39 is 0 Å². The van der Waals surface area contributed by atoms with Crippen LogP contribution < -0.4 is 26.8 Å². The molecule has 1 aliphatic rings. The van der Waals surface area contributed by atoms with Crippen molar-refractivity contribution in [1.82, 2.24) is 9.55 Å². The third kappa shape index (κ3) is 2.08. The molecule has 0 unspecified atom stereocenters. The number of ether oxygens (including phenoxy) is 1. The molecule has 2 aromatic rings. The molecular formula is C13H15N5O2. The molecule has 1 aliphatic heterocycles. The van der Waals surface area contributed by atoms with Crippen LogP contribution in [0.15, 0.2) is 29.2 Å². The van der Waals surface area contributed by atoms with E-state index in [0.717, 1.165) is 11.4 Å². The van der Waals surface area contributed by atoms with Gasteiger partial charge in [0.05, 0.1) is 11.9 Å². The van der Waals surface area contributed by atoms with E-state index in [1.54, 1.807) is 13.2 Å². The molecule has 0 saturated carbocycles. The predicted octanol–water partition coefficient (Wildman–Crippen LogP) is 1.00. The quantitative estimate of drug-likeness (QED) is 0.659. The predicted molar refractivity (Wildman–Crippen MR) is 76.8 cm³/mol. The Morgan fingerprint density at radius 1 is 1.45 bits per heavy atom. The highest BCUT2D eigenvalue weighted by Crippen LogP contribution is 2.43. The number of aryl methyl sites for hydroxylation is 1. The third-order valence-electron chi connectivity index (χ3n) is 3.00. The lowest BCUT2D eigenvalue weighted by Gasteiger charge is -2.23. The zero-order valence-corrected chi connectivity index (χ0v) is 11.0. The minimum atomic E-state index is -0.337. The van der Waals surface area contributed by atoms with E-state index in [4.69, 9.17) is 10.5 Å². The van der Waals surface area contributed by atoms with Gasteiger partial charge in [-0.2, -0.15) is 4.98 Å². The van der Waals surface area contributed by atoms with Crippen LogP contribution in [0.5, 0.6) is 11.5 Å². The summed E-state index contributed by atoms with van der Waals surface area (Å²) in [6.07, 6.45) is 1.61. The first kappa shape index (κ1) is 12.5. The first-order chi connectivity index (χ1) is 9.69. The van der Waals surface area contributed by atoms with Crippen LogP contribution in [0.25, 0.3) is 0 Å². The second-order valence-corrected chi connectivity index (χ2v) is 4.47. The number of para-hydroxylation sites is 1. The number of hydrogen-bond acceptors (Lipinski definition) is 6. The standard InChI is InChI=1S/C13H15N5O2/c1-18-7-10-12(17-13(18)19)16-11-8(15-6-5-14)3-2-4-9(11)20-10/h2-4,7,15H,5-6,14H2,1H3,(H,16,17,19). The van der Waals surface area contributed by atoms with Crippen LogP contribution in [-0.2, 0) is 7.05 Å². The number of aromatic nitrogens is 2. The highest BCUT2D eigenvalue weighted by molar-refractivity contribution is 5.83. The molecule has 7 nitrogen and oxygen atoms in total. The average Bonchev–Trinajstić information content (AvgIpc) is 2.44. The summed E-state index contributed by atoms with van der Waals surface area (Å²) < 4.78 is 7.15. The lowest BCUT2D eigenvalue weighted by atomic mass is 10.2. The number of nitrogens with one attached hydrogen (secondary N) is 2. The Hall–Kier alpha value is -2.54. The summed E-state index contributed by atoms with van der Waals surface area (Å²) in [6.45, 7) is 1.18. The largest absolute Gasteiger partial charge is 0.450 e. The fourth-order valence-electron chi connectivity index (χ4n) is 2.02. The van der Waals surface area contributed by atoms with Gasteiger partial charge in [0.15, 0.2) is 17.3 Å². The van der Waals surface area contributed by atoms with Gasteiger partial charge in [-0.25, -0.2) is 4.79 Å². The van der Waals surface area contributed by atoms with Crippen molar-refractivity contribution in [2.45, 2.75) is 0 Å². The molecule has 3 rings (SSSR count). The number of hydrogen-bond donors (Lipinski definition) is 3. The summed E-state index contributed by atoms with van der Waals surface area (Å²) in [4.78, 5) is 15.5. The Morgan fingerprint density at radius 3 is 3.10 bits per heavy atom.